The van der Waals surface area contributed by atoms with Crippen LogP contribution in [0, 0.1) is 16.7 Å². The zero-order valence-corrected chi connectivity index (χ0v) is 10.8. The molecule has 0 saturated heterocycles. The first kappa shape index (κ1) is 12.4. The topological polar surface area (TPSA) is 86.0 Å². The van der Waals surface area contributed by atoms with E-state index in [-0.39, 0.29) is 0 Å². The van der Waals surface area contributed by atoms with Crippen LogP contribution >= 0.6 is 0 Å². The van der Waals surface area contributed by atoms with Crippen LogP contribution in [0.2, 0.25) is 0 Å². The molecule has 0 aliphatic heterocycles. The van der Waals surface area contributed by atoms with Crippen molar-refractivity contribution in [3.8, 4) is 6.07 Å². The molecule has 2 aromatic rings. The van der Waals surface area contributed by atoms with Crippen LogP contribution in [-0.4, -0.2) is 22.6 Å². The predicted molar refractivity (Wildman–Crippen MR) is 74.3 cm³/mol. The molecule has 100 valence electrons. The van der Waals surface area contributed by atoms with E-state index in [2.05, 4.69) is 16.4 Å². The van der Waals surface area contributed by atoms with Crippen LogP contribution in [0.3, 0.4) is 0 Å². The van der Waals surface area contributed by atoms with Crippen LogP contribution < -0.4 is 5.32 Å². The maximum Gasteiger partial charge on any atom is 0.311 e. The van der Waals surface area contributed by atoms with E-state index < -0.39 is 11.4 Å². The van der Waals surface area contributed by atoms with Crippen LogP contribution in [-0.2, 0) is 4.79 Å². The van der Waals surface area contributed by atoms with Gasteiger partial charge in [-0.3, -0.25) is 9.78 Å². The van der Waals surface area contributed by atoms with Gasteiger partial charge in [0, 0.05) is 18.1 Å². The van der Waals surface area contributed by atoms with Crippen molar-refractivity contribution in [2.45, 2.75) is 12.8 Å². The van der Waals surface area contributed by atoms with Gasteiger partial charge in [-0.2, -0.15) is 5.26 Å². The molecule has 1 aromatic carbocycles. The molecular weight excluding hydrogens is 254 g/mol. The molecule has 0 atom stereocenters. The van der Waals surface area contributed by atoms with E-state index in [0.717, 1.165) is 10.9 Å². The van der Waals surface area contributed by atoms with E-state index in [9.17, 15) is 15.2 Å². The minimum Gasteiger partial charge on any atom is -0.481 e. The van der Waals surface area contributed by atoms with Crippen LogP contribution in [0.25, 0.3) is 10.9 Å². The largest absolute Gasteiger partial charge is 0.481 e. The van der Waals surface area contributed by atoms with Crippen molar-refractivity contribution >= 4 is 22.6 Å². The quantitative estimate of drug-likeness (QED) is 0.888. The number of pyridine rings is 1. The number of aliphatic carboxylic acids is 1. The van der Waals surface area contributed by atoms with Gasteiger partial charge in [-0.15, -0.1) is 0 Å². The van der Waals surface area contributed by atoms with Crippen LogP contribution in [0.5, 0.6) is 0 Å². The second-order valence-electron chi connectivity index (χ2n) is 5.11. The van der Waals surface area contributed by atoms with Gasteiger partial charge in [0.15, 0.2) is 0 Å². The molecule has 1 aliphatic rings. The number of carboxylic acids is 1. The number of nitriles is 1. The monoisotopic (exact) mass is 267 g/mol. The summed E-state index contributed by atoms with van der Waals surface area (Å²) in [6.45, 7) is 0.338. The van der Waals surface area contributed by atoms with Gasteiger partial charge in [0.25, 0.3) is 0 Å². The smallest absolute Gasteiger partial charge is 0.311 e. The number of para-hydroxylation sites is 1. The summed E-state index contributed by atoms with van der Waals surface area (Å²) in [6, 6.07) is 9.60. The Bertz CT molecular complexity index is 729. The van der Waals surface area contributed by atoms with E-state index in [1.807, 2.05) is 24.3 Å². The number of fused-ring (bicyclic) bond motifs is 1. The minimum absolute atomic E-state index is 0.338. The van der Waals surface area contributed by atoms with Gasteiger partial charge in [-0.05, 0) is 18.9 Å². The van der Waals surface area contributed by atoms with Crippen molar-refractivity contribution in [3.05, 3.63) is 36.0 Å². The highest BCUT2D eigenvalue weighted by molar-refractivity contribution is 5.94. The molecule has 20 heavy (non-hydrogen) atoms. The Hall–Kier alpha value is -2.61. The van der Waals surface area contributed by atoms with Gasteiger partial charge in [0.2, 0.25) is 0 Å². The highest BCUT2D eigenvalue weighted by atomic mass is 16.4. The molecule has 0 spiro atoms. The second kappa shape index (κ2) is 4.49. The lowest BCUT2D eigenvalue weighted by Gasteiger charge is -2.15. The zero-order valence-electron chi connectivity index (χ0n) is 10.8. The predicted octanol–water partition coefficient (Wildman–Crippen LogP) is 2.38. The molecule has 0 unspecified atom stereocenters. The second-order valence-corrected chi connectivity index (χ2v) is 5.11. The highest BCUT2D eigenvalue weighted by Crippen LogP contribution is 2.46. The highest BCUT2D eigenvalue weighted by Gasteiger charge is 2.50. The van der Waals surface area contributed by atoms with Gasteiger partial charge >= 0.3 is 5.97 Å². The van der Waals surface area contributed by atoms with E-state index in [0.29, 0.717) is 30.6 Å². The summed E-state index contributed by atoms with van der Waals surface area (Å²) in [6.07, 6.45) is 2.88. The minimum atomic E-state index is -0.776. The number of hydrogen-bond acceptors (Lipinski definition) is 4. The van der Waals surface area contributed by atoms with Crippen molar-refractivity contribution in [3.63, 3.8) is 0 Å². The molecule has 0 radical (unpaired) electrons. The Kier molecular flexibility index (Phi) is 2.79. The van der Waals surface area contributed by atoms with E-state index in [1.54, 1.807) is 0 Å². The van der Waals surface area contributed by atoms with Crippen molar-refractivity contribution < 1.29 is 9.90 Å². The van der Waals surface area contributed by atoms with Crippen molar-refractivity contribution in [1.82, 2.24) is 4.98 Å². The summed E-state index contributed by atoms with van der Waals surface area (Å²) >= 11 is 0. The Labute approximate surface area is 115 Å². The normalized spacial score (nSPS) is 15.6. The van der Waals surface area contributed by atoms with E-state index >= 15 is 0 Å². The fourth-order valence-electron chi connectivity index (χ4n) is 2.29. The molecule has 1 fully saturated rings. The maximum atomic E-state index is 11.2. The number of nitrogens with one attached hydrogen (secondary N) is 1. The Balaban J connectivity index is 1.98. The summed E-state index contributed by atoms with van der Waals surface area (Å²) in [5.74, 6) is -0.776. The van der Waals surface area contributed by atoms with Crippen LogP contribution in [0.4, 0.5) is 5.69 Å². The lowest BCUT2D eigenvalue weighted by molar-refractivity contribution is -0.142. The van der Waals surface area contributed by atoms with Gasteiger partial charge in [-0.25, -0.2) is 0 Å². The first-order valence-electron chi connectivity index (χ1n) is 6.41. The summed E-state index contributed by atoms with van der Waals surface area (Å²) in [5, 5.41) is 22.4. The van der Waals surface area contributed by atoms with Gasteiger partial charge < -0.3 is 10.4 Å². The molecular formula is C15H13N3O2. The van der Waals surface area contributed by atoms with Gasteiger partial charge in [0.1, 0.15) is 6.07 Å². The molecule has 5 heteroatoms. The zero-order chi connectivity index (χ0) is 14.2. The van der Waals surface area contributed by atoms with Crippen LogP contribution in [0.15, 0.2) is 30.5 Å². The summed E-state index contributed by atoms with van der Waals surface area (Å²) < 4.78 is 0. The number of aromatic nitrogens is 1. The molecule has 1 saturated carbocycles. The van der Waals surface area contributed by atoms with E-state index in [1.165, 1.54) is 6.20 Å². The van der Waals surface area contributed by atoms with Crippen LogP contribution in [0.1, 0.15) is 18.4 Å². The van der Waals surface area contributed by atoms with Gasteiger partial charge in [0.05, 0.1) is 22.2 Å². The Morgan fingerprint density at radius 1 is 1.45 bits per heavy atom. The molecule has 3 rings (SSSR count). The van der Waals surface area contributed by atoms with Gasteiger partial charge in [-0.1, -0.05) is 18.2 Å². The SMILES string of the molecule is N#Cc1cnc2ccccc2c1NCC1(C(=O)O)CC1. The Morgan fingerprint density at radius 3 is 2.85 bits per heavy atom. The number of benzene rings is 1. The first-order chi connectivity index (χ1) is 9.66. The third-order valence-corrected chi connectivity index (χ3v) is 3.81. The fourth-order valence-corrected chi connectivity index (χ4v) is 2.29. The lowest BCUT2D eigenvalue weighted by Crippen LogP contribution is -2.24. The fraction of sp³-hybridized carbons (Fsp3) is 0.267. The lowest BCUT2D eigenvalue weighted by atomic mass is 10.1. The number of nitrogens with zero attached hydrogens (tertiary/aromatic N) is 2. The first-order valence-corrected chi connectivity index (χ1v) is 6.41. The standard InChI is InChI=1S/C15H13N3O2/c16-7-10-8-17-12-4-2-1-3-11(12)13(10)18-9-15(5-6-15)14(19)20/h1-4,8H,5-6,9H2,(H,17,18)(H,19,20). The molecule has 1 aliphatic carbocycles. The third-order valence-electron chi connectivity index (χ3n) is 3.81. The number of anilines is 1. The van der Waals surface area contributed by atoms with Crippen molar-refractivity contribution in [2.75, 3.05) is 11.9 Å². The maximum absolute atomic E-state index is 11.2. The number of rotatable bonds is 4. The molecule has 1 heterocycles. The molecule has 1 aromatic heterocycles. The average Bonchev–Trinajstić information content (AvgIpc) is 3.25. The average molecular weight is 267 g/mol. The van der Waals surface area contributed by atoms with Crippen molar-refractivity contribution in [1.29, 1.82) is 5.26 Å². The van der Waals surface area contributed by atoms with Crippen molar-refractivity contribution in [2.24, 2.45) is 5.41 Å². The molecule has 5 nitrogen and oxygen atoms in total. The summed E-state index contributed by atoms with van der Waals surface area (Å²) in [4.78, 5) is 15.4. The molecule has 0 amide bonds. The number of carbonyl (C=O) groups is 1. The third kappa shape index (κ3) is 1.95. The molecule has 0 bridgehead atoms. The number of carboxylic acid groups (broad SMARTS) is 1. The van der Waals surface area contributed by atoms with E-state index in [4.69, 9.17) is 0 Å². The molecule has 2 N–H and O–H groups in total. The summed E-state index contributed by atoms with van der Waals surface area (Å²) in [7, 11) is 0. The Morgan fingerprint density at radius 2 is 2.20 bits per heavy atom. The summed E-state index contributed by atoms with van der Waals surface area (Å²) in [5.41, 5.74) is 1.22. The number of hydrogen-bond donors (Lipinski definition) is 2.